The molecule has 0 saturated carbocycles. The Bertz CT molecular complexity index is 586. The van der Waals surface area contributed by atoms with E-state index in [1.807, 2.05) is 31.2 Å². The number of halogens is 1. The molecular formula is C18H23ClN2O2. The smallest absolute Gasteiger partial charge is 0.409 e. The molecule has 1 aliphatic rings. The van der Waals surface area contributed by atoms with Crippen molar-refractivity contribution < 1.29 is 9.53 Å². The van der Waals surface area contributed by atoms with Gasteiger partial charge in [-0.15, -0.1) is 0 Å². The minimum Gasteiger partial charge on any atom is -0.450 e. The molecule has 0 bridgehead atoms. The summed E-state index contributed by atoms with van der Waals surface area (Å²) in [7, 11) is 0. The van der Waals surface area contributed by atoms with Crippen LogP contribution in [0.1, 0.15) is 25.8 Å². The first-order chi connectivity index (χ1) is 11.1. The molecule has 5 heteroatoms. The summed E-state index contributed by atoms with van der Waals surface area (Å²) >= 11 is 5.99. The zero-order chi connectivity index (χ0) is 16.7. The Hall–Kier alpha value is -1.70. The molecule has 1 aromatic carbocycles. The maximum absolute atomic E-state index is 11.7. The van der Waals surface area contributed by atoms with Gasteiger partial charge < -0.3 is 9.64 Å². The summed E-state index contributed by atoms with van der Waals surface area (Å²) in [4.78, 5) is 15.8. The lowest BCUT2D eigenvalue weighted by molar-refractivity contribution is 0.0731. The number of piperazine rings is 1. The Morgan fingerprint density at radius 2 is 2.04 bits per heavy atom. The fraction of sp³-hybridized carbons (Fsp3) is 0.500. The Balaban J connectivity index is 1.94. The molecule has 1 heterocycles. The number of nitrogens with zero attached hydrogens (tertiary/aromatic N) is 2. The maximum atomic E-state index is 11.7. The normalized spacial score (nSPS) is 16.4. The van der Waals surface area contributed by atoms with Crippen LogP contribution in [0.25, 0.3) is 0 Å². The molecule has 1 saturated heterocycles. The third kappa shape index (κ3) is 5.16. The Kier molecular flexibility index (Phi) is 6.76. The second kappa shape index (κ2) is 8.81. The molecule has 1 unspecified atom stereocenters. The van der Waals surface area contributed by atoms with E-state index in [1.165, 1.54) is 0 Å². The Morgan fingerprint density at radius 1 is 1.30 bits per heavy atom. The van der Waals surface area contributed by atoms with E-state index in [0.29, 0.717) is 24.7 Å². The number of carbonyl (C=O) groups excluding carboxylic acids is 1. The Morgan fingerprint density at radius 3 is 2.65 bits per heavy atom. The van der Waals surface area contributed by atoms with Crippen LogP contribution in [0.15, 0.2) is 24.3 Å². The molecule has 23 heavy (non-hydrogen) atoms. The molecule has 0 aromatic heterocycles. The average molecular weight is 335 g/mol. The molecule has 1 amide bonds. The van der Waals surface area contributed by atoms with Crippen molar-refractivity contribution in [1.82, 2.24) is 9.80 Å². The molecule has 1 fully saturated rings. The second-order valence-electron chi connectivity index (χ2n) is 5.43. The van der Waals surface area contributed by atoms with Gasteiger partial charge >= 0.3 is 6.09 Å². The minimum atomic E-state index is -0.217. The molecule has 0 N–H and O–H groups in total. The topological polar surface area (TPSA) is 32.8 Å². The van der Waals surface area contributed by atoms with Crippen molar-refractivity contribution in [2.45, 2.75) is 26.3 Å². The lowest BCUT2D eigenvalue weighted by Crippen LogP contribution is -2.51. The summed E-state index contributed by atoms with van der Waals surface area (Å²) < 4.78 is 5.05. The standard InChI is InChI=1S/C18H23ClN2O2/c1-3-17(9-8-15-6-5-7-16(19)14-15)20-10-12-21(13-11-20)18(22)23-4-2/h5-7,14,17H,3-4,10-13H2,1-2H3. The van der Waals surface area contributed by atoms with Gasteiger partial charge in [0.05, 0.1) is 12.6 Å². The highest BCUT2D eigenvalue weighted by Crippen LogP contribution is 2.12. The number of benzene rings is 1. The van der Waals surface area contributed by atoms with Gasteiger partial charge in [0.15, 0.2) is 0 Å². The van der Waals surface area contributed by atoms with Gasteiger partial charge in [-0.1, -0.05) is 36.4 Å². The molecule has 1 atom stereocenters. The number of hydrogen-bond donors (Lipinski definition) is 0. The average Bonchev–Trinajstić information content (AvgIpc) is 2.56. The van der Waals surface area contributed by atoms with Crippen LogP contribution in [0, 0.1) is 11.8 Å². The van der Waals surface area contributed by atoms with Crippen molar-refractivity contribution in [3.8, 4) is 11.8 Å². The lowest BCUT2D eigenvalue weighted by atomic mass is 10.1. The lowest BCUT2D eigenvalue weighted by Gasteiger charge is -2.36. The number of amides is 1. The van der Waals surface area contributed by atoms with Gasteiger partial charge in [-0.05, 0) is 31.5 Å². The highest BCUT2D eigenvalue weighted by molar-refractivity contribution is 6.30. The van der Waals surface area contributed by atoms with Gasteiger partial charge in [0.1, 0.15) is 0 Å². The van der Waals surface area contributed by atoms with Crippen molar-refractivity contribution in [3.63, 3.8) is 0 Å². The van der Waals surface area contributed by atoms with Crippen LogP contribution in [0.3, 0.4) is 0 Å². The quantitative estimate of drug-likeness (QED) is 0.795. The van der Waals surface area contributed by atoms with Gasteiger partial charge in [0.25, 0.3) is 0 Å². The summed E-state index contributed by atoms with van der Waals surface area (Å²) in [5, 5.41) is 0.702. The van der Waals surface area contributed by atoms with E-state index >= 15 is 0 Å². The molecule has 4 nitrogen and oxygen atoms in total. The first kappa shape index (κ1) is 17.7. The SMILES string of the molecule is CCOC(=O)N1CCN(C(C#Cc2cccc(Cl)c2)CC)CC1. The monoisotopic (exact) mass is 334 g/mol. The van der Waals surface area contributed by atoms with E-state index < -0.39 is 0 Å². The predicted octanol–water partition coefficient (Wildman–Crippen LogP) is 3.24. The highest BCUT2D eigenvalue weighted by atomic mass is 35.5. The van der Waals surface area contributed by atoms with Crippen LogP contribution in [-0.4, -0.2) is 54.7 Å². The summed E-state index contributed by atoms with van der Waals surface area (Å²) in [6.07, 6.45) is 0.734. The van der Waals surface area contributed by atoms with Crippen LogP contribution < -0.4 is 0 Å². The summed E-state index contributed by atoms with van der Waals surface area (Å²) in [5.74, 6) is 6.54. The van der Waals surface area contributed by atoms with Crippen LogP contribution in [0.2, 0.25) is 5.02 Å². The number of hydrogen-bond acceptors (Lipinski definition) is 3. The van der Waals surface area contributed by atoms with E-state index in [9.17, 15) is 4.79 Å². The van der Waals surface area contributed by atoms with E-state index in [4.69, 9.17) is 16.3 Å². The summed E-state index contributed by atoms with van der Waals surface area (Å²) in [6.45, 7) is 7.40. The largest absolute Gasteiger partial charge is 0.450 e. The van der Waals surface area contributed by atoms with Gasteiger partial charge in [-0.2, -0.15) is 0 Å². The Labute approximate surface area is 143 Å². The summed E-state index contributed by atoms with van der Waals surface area (Å²) in [5.41, 5.74) is 0.932. The van der Waals surface area contributed by atoms with Crippen molar-refractivity contribution in [3.05, 3.63) is 34.9 Å². The van der Waals surface area contributed by atoms with Crippen molar-refractivity contribution in [1.29, 1.82) is 0 Å². The number of carbonyl (C=O) groups is 1. The highest BCUT2D eigenvalue weighted by Gasteiger charge is 2.24. The summed E-state index contributed by atoms with van der Waals surface area (Å²) in [6, 6.07) is 7.78. The molecule has 1 aliphatic heterocycles. The second-order valence-corrected chi connectivity index (χ2v) is 5.86. The van der Waals surface area contributed by atoms with Crippen molar-refractivity contribution in [2.75, 3.05) is 32.8 Å². The van der Waals surface area contributed by atoms with Crippen LogP contribution in [0.5, 0.6) is 0 Å². The third-order valence-corrected chi connectivity index (χ3v) is 4.11. The predicted molar refractivity (Wildman–Crippen MR) is 92.6 cm³/mol. The van der Waals surface area contributed by atoms with Crippen molar-refractivity contribution in [2.24, 2.45) is 0 Å². The van der Waals surface area contributed by atoms with E-state index in [2.05, 4.69) is 23.7 Å². The first-order valence-corrected chi connectivity index (χ1v) is 8.44. The van der Waals surface area contributed by atoms with Crippen LogP contribution in [-0.2, 0) is 4.74 Å². The number of rotatable bonds is 3. The molecule has 124 valence electrons. The molecule has 0 aliphatic carbocycles. The van der Waals surface area contributed by atoms with Crippen LogP contribution in [0.4, 0.5) is 4.79 Å². The maximum Gasteiger partial charge on any atom is 0.409 e. The van der Waals surface area contributed by atoms with E-state index in [0.717, 1.165) is 25.1 Å². The van der Waals surface area contributed by atoms with E-state index in [1.54, 1.807) is 4.90 Å². The molecule has 2 rings (SSSR count). The third-order valence-electron chi connectivity index (χ3n) is 3.88. The van der Waals surface area contributed by atoms with Gasteiger partial charge in [0, 0.05) is 36.8 Å². The molecule has 0 radical (unpaired) electrons. The first-order valence-electron chi connectivity index (χ1n) is 8.07. The zero-order valence-corrected chi connectivity index (χ0v) is 14.5. The van der Waals surface area contributed by atoms with Gasteiger partial charge in [-0.25, -0.2) is 4.79 Å². The fourth-order valence-electron chi connectivity index (χ4n) is 2.62. The molecule has 1 aromatic rings. The minimum absolute atomic E-state index is 0.193. The number of ether oxygens (including phenoxy) is 1. The zero-order valence-electron chi connectivity index (χ0n) is 13.7. The van der Waals surface area contributed by atoms with E-state index in [-0.39, 0.29) is 12.1 Å². The fourth-order valence-corrected chi connectivity index (χ4v) is 2.81. The van der Waals surface area contributed by atoms with Crippen molar-refractivity contribution >= 4 is 17.7 Å². The van der Waals surface area contributed by atoms with Gasteiger partial charge in [0.2, 0.25) is 0 Å². The molecular weight excluding hydrogens is 312 g/mol. The van der Waals surface area contributed by atoms with Crippen LogP contribution >= 0.6 is 11.6 Å². The van der Waals surface area contributed by atoms with Gasteiger partial charge in [-0.3, -0.25) is 4.90 Å². The molecule has 0 spiro atoms.